The van der Waals surface area contributed by atoms with E-state index < -0.39 is 30.8 Å². The minimum absolute atomic E-state index is 0.0166. The van der Waals surface area contributed by atoms with Crippen LogP contribution < -0.4 is 4.74 Å². The zero-order valence-electron chi connectivity index (χ0n) is 11.1. The predicted molar refractivity (Wildman–Crippen MR) is 67.5 cm³/mol. The molecule has 2 rings (SSSR count). The molecule has 1 unspecified atom stereocenters. The SMILES string of the molecule is CC1=NN(C(=O)COc2ccccc2)C(O)(C(F)(F)F)C1. The summed E-state index contributed by atoms with van der Waals surface area (Å²) >= 11 is 0. The van der Waals surface area contributed by atoms with Crippen molar-refractivity contribution >= 4 is 11.6 Å². The fourth-order valence-electron chi connectivity index (χ4n) is 1.93. The summed E-state index contributed by atoms with van der Waals surface area (Å²) in [5.41, 5.74) is -3.29. The van der Waals surface area contributed by atoms with Crippen LogP contribution in [0.25, 0.3) is 0 Å². The number of carbonyl (C=O) groups excluding carboxylic acids is 1. The van der Waals surface area contributed by atoms with Gasteiger partial charge in [0.05, 0.1) is 0 Å². The van der Waals surface area contributed by atoms with Gasteiger partial charge in [-0.25, -0.2) is 0 Å². The first-order valence-corrected chi connectivity index (χ1v) is 6.08. The largest absolute Gasteiger partial charge is 0.484 e. The monoisotopic (exact) mass is 302 g/mol. The molecular formula is C13H13F3N2O3. The van der Waals surface area contributed by atoms with Gasteiger partial charge in [0.2, 0.25) is 0 Å². The normalized spacial score (nSPS) is 22.1. The van der Waals surface area contributed by atoms with E-state index in [2.05, 4.69) is 5.10 Å². The average molecular weight is 302 g/mol. The summed E-state index contributed by atoms with van der Waals surface area (Å²) in [7, 11) is 0. The molecule has 0 aromatic heterocycles. The van der Waals surface area contributed by atoms with Crippen molar-refractivity contribution in [3.63, 3.8) is 0 Å². The van der Waals surface area contributed by atoms with Crippen LogP contribution in [-0.2, 0) is 4.79 Å². The van der Waals surface area contributed by atoms with Gasteiger partial charge in [0.15, 0.2) is 6.61 Å². The van der Waals surface area contributed by atoms with Gasteiger partial charge in [-0.15, -0.1) is 0 Å². The van der Waals surface area contributed by atoms with Gasteiger partial charge >= 0.3 is 6.18 Å². The molecular weight excluding hydrogens is 289 g/mol. The number of hydrazone groups is 1. The summed E-state index contributed by atoms with van der Waals surface area (Å²) in [6, 6.07) is 8.16. The van der Waals surface area contributed by atoms with E-state index in [4.69, 9.17) is 4.74 Å². The predicted octanol–water partition coefficient (Wildman–Crippen LogP) is 1.92. The lowest BCUT2D eigenvalue weighted by atomic mass is 10.1. The Hall–Kier alpha value is -2.09. The molecule has 0 radical (unpaired) electrons. The van der Waals surface area contributed by atoms with E-state index in [1.807, 2.05) is 0 Å². The number of benzene rings is 1. The highest BCUT2D eigenvalue weighted by Crippen LogP contribution is 2.40. The number of halogens is 3. The molecule has 1 aliphatic rings. The fraction of sp³-hybridized carbons (Fsp3) is 0.385. The van der Waals surface area contributed by atoms with Crippen LogP contribution in [0.2, 0.25) is 0 Å². The molecule has 0 saturated carbocycles. The summed E-state index contributed by atoms with van der Waals surface area (Å²) < 4.78 is 43.9. The second-order valence-electron chi connectivity index (χ2n) is 4.63. The third kappa shape index (κ3) is 2.99. The molecule has 114 valence electrons. The molecule has 1 aromatic rings. The van der Waals surface area contributed by atoms with Crippen molar-refractivity contribution in [1.29, 1.82) is 0 Å². The Morgan fingerprint density at radius 1 is 1.43 bits per heavy atom. The average Bonchev–Trinajstić information content (AvgIpc) is 2.73. The van der Waals surface area contributed by atoms with Crippen molar-refractivity contribution in [2.45, 2.75) is 25.2 Å². The Kier molecular flexibility index (Phi) is 3.91. The van der Waals surface area contributed by atoms with E-state index in [1.165, 1.54) is 6.92 Å². The van der Waals surface area contributed by atoms with Gasteiger partial charge in [-0.3, -0.25) is 4.79 Å². The Labute approximate surface area is 118 Å². The standard InChI is InChI=1S/C13H13F3N2O3/c1-9-7-12(20,13(14,15)16)18(17-9)11(19)8-21-10-5-3-2-4-6-10/h2-6,20H,7-8H2,1H3. The number of aliphatic hydroxyl groups is 1. The maximum absolute atomic E-state index is 12.9. The summed E-state index contributed by atoms with van der Waals surface area (Å²) in [5.74, 6) is -0.739. The Balaban J connectivity index is 2.10. The molecule has 1 amide bonds. The molecule has 0 bridgehead atoms. The first kappa shape index (κ1) is 15.3. The van der Waals surface area contributed by atoms with Gasteiger partial charge in [-0.2, -0.15) is 23.3 Å². The quantitative estimate of drug-likeness (QED) is 0.928. The van der Waals surface area contributed by atoms with Crippen LogP contribution in [0.15, 0.2) is 35.4 Å². The molecule has 8 heteroatoms. The minimum Gasteiger partial charge on any atom is -0.484 e. The topological polar surface area (TPSA) is 62.1 Å². The summed E-state index contributed by atoms with van der Waals surface area (Å²) in [5, 5.41) is 13.3. The summed E-state index contributed by atoms with van der Waals surface area (Å²) in [6.45, 7) is 0.654. The van der Waals surface area contributed by atoms with Crippen molar-refractivity contribution in [2.75, 3.05) is 6.61 Å². The van der Waals surface area contributed by atoms with E-state index in [0.29, 0.717) is 5.75 Å². The highest BCUT2D eigenvalue weighted by Gasteiger charge is 2.62. The number of para-hydroxylation sites is 1. The maximum atomic E-state index is 12.9. The maximum Gasteiger partial charge on any atom is 0.438 e. The van der Waals surface area contributed by atoms with E-state index in [0.717, 1.165) is 0 Å². The summed E-state index contributed by atoms with van der Waals surface area (Å²) in [4.78, 5) is 11.9. The lowest BCUT2D eigenvalue weighted by molar-refractivity contribution is -0.302. The van der Waals surface area contributed by atoms with Crippen molar-refractivity contribution in [1.82, 2.24) is 5.01 Å². The number of carbonyl (C=O) groups is 1. The molecule has 5 nitrogen and oxygen atoms in total. The van der Waals surface area contributed by atoms with Gasteiger partial charge in [-0.05, 0) is 19.1 Å². The number of hydrogen-bond acceptors (Lipinski definition) is 4. The zero-order chi connectivity index (χ0) is 15.7. The van der Waals surface area contributed by atoms with E-state index in [9.17, 15) is 23.1 Å². The fourth-order valence-corrected chi connectivity index (χ4v) is 1.93. The first-order chi connectivity index (χ1) is 9.74. The third-order valence-electron chi connectivity index (χ3n) is 2.92. The molecule has 0 spiro atoms. The Bertz CT molecular complexity index is 560. The zero-order valence-corrected chi connectivity index (χ0v) is 11.1. The van der Waals surface area contributed by atoms with Crippen LogP contribution in [-0.4, -0.2) is 40.2 Å². The van der Waals surface area contributed by atoms with Gasteiger partial charge in [0.25, 0.3) is 11.6 Å². The van der Waals surface area contributed by atoms with Gasteiger partial charge in [-0.1, -0.05) is 18.2 Å². The number of nitrogens with zero attached hydrogens (tertiary/aromatic N) is 2. The van der Waals surface area contributed by atoms with Crippen molar-refractivity contribution in [2.24, 2.45) is 5.10 Å². The van der Waals surface area contributed by atoms with Crippen LogP contribution in [0.1, 0.15) is 13.3 Å². The van der Waals surface area contributed by atoms with E-state index >= 15 is 0 Å². The minimum atomic E-state index is -5.00. The molecule has 1 aromatic carbocycles. The molecule has 1 aliphatic heterocycles. The van der Waals surface area contributed by atoms with Crippen molar-refractivity contribution in [3.05, 3.63) is 30.3 Å². The second-order valence-corrected chi connectivity index (χ2v) is 4.63. The van der Waals surface area contributed by atoms with Crippen molar-refractivity contribution in [3.8, 4) is 5.75 Å². The Morgan fingerprint density at radius 3 is 2.62 bits per heavy atom. The van der Waals surface area contributed by atoms with Crippen LogP contribution in [0.5, 0.6) is 5.75 Å². The highest BCUT2D eigenvalue weighted by atomic mass is 19.4. The van der Waals surface area contributed by atoms with Crippen molar-refractivity contribution < 1.29 is 27.8 Å². The highest BCUT2D eigenvalue weighted by molar-refractivity contribution is 5.89. The van der Waals surface area contributed by atoms with Gasteiger partial charge in [0, 0.05) is 12.1 Å². The van der Waals surface area contributed by atoms with E-state index in [-0.39, 0.29) is 10.7 Å². The van der Waals surface area contributed by atoms with Gasteiger partial charge in [0.1, 0.15) is 5.75 Å². The number of alkyl halides is 3. The molecule has 0 aliphatic carbocycles. The van der Waals surface area contributed by atoms with E-state index in [1.54, 1.807) is 30.3 Å². The van der Waals surface area contributed by atoms with Crippen LogP contribution in [0.4, 0.5) is 13.2 Å². The molecule has 1 N–H and O–H groups in total. The van der Waals surface area contributed by atoms with Crippen LogP contribution in [0, 0.1) is 0 Å². The van der Waals surface area contributed by atoms with Crippen LogP contribution >= 0.6 is 0 Å². The first-order valence-electron chi connectivity index (χ1n) is 6.08. The van der Waals surface area contributed by atoms with Gasteiger partial charge < -0.3 is 9.84 Å². The molecule has 1 heterocycles. The molecule has 0 saturated heterocycles. The summed E-state index contributed by atoms with van der Waals surface area (Å²) in [6.07, 6.45) is -5.77. The van der Waals surface area contributed by atoms with Crippen LogP contribution in [0.3, 0.4) is 0 Å². The molecule has 1 atom stereocenters. The Morgan fingerprint density at radius 2 is 2.05 bits per heavy atom. The number of rotatable bonds is 3. The molecule has 0 fully saturated rings. The number of amides is 1. The molecule has 21 heavy (non-hydrogen) atoms. The number of ether oxygens (including phenoxy) is 1. The smallest absolute Gasteiger partial charge is 0.438 e. The number of hydrogen-bond donors (Lipinski definition) is 1. The second kappa shape index (κ2) is 5.36. The third-order valence-corrected chi connectivity index (χ3v) is 2.92. The lowest BCUT2D eigenvalue weighted by Gasteiger charge is -2.32. The lowest BCUT2D eigenvalue weighted by Crippen LogP contribution is -2.57.